The molecule has 1 aromatic heterocycles. The van der Waals surface area contributed by atoms with E-state index >= 15 is 0 Å². The van der Waals surface area contributed by atoms with E-state index in [9.17, 15) is 9.59 Å². The SMILES string of the molecule is CC(C)C(=O)NCCNC(=O)Cc1coc(-c2ccccc2)n1. The molecule has 1 heterocycles. The molecule has 2 N–H and O–H groups in total. The Morgan fingerprint density at radius 2 is 1.83 bits per heavy atom. The number of amides is 2. The number of aromatic nitrogens is 1. The van der Waals surface area contributed by atoms with Gasteiger partial charge in [0.1, 0.15) is 6.26 Å². The van der Waals surface area contributed by atoms with Gasteiger partial charge in [-0.1, -0.05) is 32.0 Å². The van der Waals surface area contributed by atoms with Crippen LogP contribution >= 0.6 is 0 Å². The van der Waals surface area contributed by atoms with E-state index in [1.54, 1.807) is 0 Å². The van der Waals surface area contributed by atoms with Crippen LogP contribution in [0, 0.1) is 5.92 Å². The van der Waals surface area contributed by atoms with Crippen LogP contribution < -0.4 is 10.6 Å². The monoisotopic (exact) mass is 315 g/mol. The first-order chi connectivity index (χ1) is 11.1. The molecule has 6 heteroatoms. The quantitative estimate of drug-likeness (QED) is 0.763. The summed E-state index contributed by atoms with van der Waals surface area (Å²) in [5.41, 5.74) is 1.45. The normalized spacial score (nSPS) is 10.6. The van der Waals surface area contributed by atoms with Gasteiger partial charge >= 0.3 is 0 Å². The van der Waals surface area contributed by atoms with Crippen molar-refractivity contribution in [1.82, 2.24) is 15.6 Å². The van der Waals surface area contributed by atoms with Crippen LogP contribution in [0.2, 0.25) is 0 Å². The lowest BCUT2D eigenvalue weighted by Gasteiger charge is -2.08. The molecular weight excluding hydrogens is 294 g/mol. The molecule has 0 spiro atoms. The topological polar surface area (TPSA) is 84.2 Å². The minimum atomic E-state index is -0.156. The third kappa shape index (κ3) is 5.25. The summed E-state index contributed by atoms with van der Waals surface area (Å²) in [4.78, 5) is 27.5. The number of nitrogens with zero attached hydrogens (tertiary/aromatic N) is 1. The van der Waals surface area contributed by atoms with Crippen molar-refractivity contribution in [3.05, 3.63) is 42.3 Å². The van der Waals surface area contributed by atoms with Crippen LogP contribution in [0.5, 0.6) is 0 Å². The zero-order valence-electron chi connectivity index (χ0n) is 13.3. The summed E-state index contributed by atoms with van der Waals surface area (Å²) in [6.07, 6.45) is 1.64. The predicted molar refractivity (Wildman–Crippen MR) is 86.5 cm³/mol. The number of oxazole rings is 1. The smallest absolute Gasteiger partial charge is 0.226 e. The van der Waals surface area contributed by atoms with Crippen LogP contribution in [0.25, 0.3) is 11.5 Å². The lowest BCUT2D eigenvalue weighted by molar-refractivity contribution is -0.124. The van der Waals surface area contributed by atoms with Gasteiger partial charge in [-0.3, -0.25) is 9.59 Å². The van der Waals surface area contributed by atoms with Crippen molar-refractivity contribution in [3.63, 3.8) is 0 Å². The molecule has 2 amide bonds. The molecule has 1 aromatic carbocycles. The molecule has 0 bridgehead atoms. The Bertz CT molecular complexity index is 650. The molecule has 0 aliphatic carbocycles. The molecule has 0 aliphatic rings. The second kappa shape index (κ2) is 8.12. The summed E-state index contributed by atoms with van der Waals surface area (Å²) >= 11 is 0. The first-order valence-electron chi connectivity index (χ1n) is 7.60. The number of hydrogen-bond acceptors (Lipinski definition) is 4. The summed E-state index contributed by atoms with van der Waals surface area (Å²) in [6, 6.07) is 9.51. The summed E-state index contributed by atoms with van der Waals surface area (Å²) < 4.78 is 5.39. The lowest BCUT2D eigenvalue weighted by atomic mass is 10.2. The Morgan fingerprint density at radius 3 is 2.52 bits per heavy atom. The number of nitrogens with one attached hydrogen (secondary N) is 2. The van der Waals surface area contributed by atoms with Gasteiger partial charge in [0.25, 0.3) is 0 Å². The zero-order valence-corrected chi connectivity index (χ0v) is 13.3. The predicted octanol–water partition coefficient (Wildman–Crippen LogP) is 1.77. The van der Waals surface area contributed by atoms with Crippen molar-refractivity contribution >= 4 is 11.8 Å². The molecule has 0 saturated heterocycles. The largest absolute Gasteiger partial charge is 0.444 e. The molecule has 2 rings (SSSR count). The van der Waals surface area contributed by atoms with Crippen molar-refractivity contribution < 1.29 is 14.0 Å². The fourth-order valence-corrected chi connectivity index (χ4v) is 1.92. The number of rotatable bonds is 7. The molecule has 0 aliphatic heterocycles. The van der Waals surface area contributed by atoms with Crippen molar-refractivity contribution in [1.29, 1.82) is 0 Å². The van der Waals surface area contributed by atoms with Crippen LogP contribution in [0.15, 0.2) is 41.0 Å². The number of carbonyl (C=O) groups is 2. The van der Waals surface area contributed by atoms with Gasteiger partial charge in [-0.25, -0.2) is 4.98 Å². The minimum Gasteiger partial charge on any atom is -0.444 e. The fourth-order valence-electron chi connectivity index (χ4n) is 1.92. The van der Waals surface area contributed by atoms with E-state index in [0.29, 0.717) is 24.7 Å². The van der Waals surface area contributed by atoms with Crippen molar-refractivity contribution in [3.8, 4) is 11.5 Å². The van der Waals surface area contributed by atoms with Gasteiger partial charge in [0.05, 0.1) is 12.1 Å². The van der Waals surface area contributed by atoms with Gasteiger partial charge in [0, 0.05) is 24.6 Å². The average Bonchev–Trinajstić information content (AvgIpc) is 3.00. The average molecular weight is 315 g/mol. The Morgan fingerprint density at radius 1 is 1.13 bits per heavy atom. The second-order valence-electron chi connectivity index (χ2n) is 5.48. The van der Waals surface area contributed by atoms with E-state index in [0.717, 1.165) is 5.56 Å². The zero-order chi connectivity index (χ0) is 16.7. The highest BCUT2D eigenvalue weighted by molar-refractivity contribution is 5.79. The second-order valence-corrected chi connectivity index (χ2v) is 5.48. The Kier molecular flexibility index (Phi) is 5.91. The third-order valence-electron chi connectivity index (χ3n) is 3.18. The van der Waals surface area contributed by atoms with Gasteiger partial charge in [-0.05, 0) is 12.1 Å². The van der Waals surface area contributed by atoms with E-state index in [-0.39, 0.29) is 24.2 Å². The van der Waals surface area contributed by atoms with E-state index in [2.05, 4.69) is 15.6 Å². The maximum Gasteiger partial charge on any atom is 0.226 e. The molecule has 0 unspecified atom stereocenters. The highest BCUT2D eigenvalue weighted by atomic mass is 16.3. The van der Waals surface area contributed by atoms with Gasteiger partial charge < -0.3 is 15.1 Å². The molecule has 0 fully saturated rings. The Hall–Kier alpha value is -2.63. The van der Waals surface area contributed by atoms with Gasteiger partial charge in [-0.2, -0.15) is 0 Å². The summed E-state index contributed by atoms with van der Waals surface area (Å²) in [5, 5.41) is 5.48. The highest BCUT2D eigenvalue weighted by Gasteiger charge is 2.10. The fraction of sp³-hybridized carbons (Fsp3) is 0.353. The third-order valence-corrected chi connectivity index (χ3v) is 3.18. The molecule has 6 nitrogen and oxygen atoms in total. The number of carbonyl (C=O) groups excluding carboxylic acids is 2. The highest BCUT2D eigenvalue weighted by Crippen LogP contribution is 2.17. The molecule has 122 valence electrons. The summed E-state index contributed by atoms with van der Waals surface area (Å²) in [5.74, 6) is 0.259. The first-order valence-corrected chi connectivity index (χ1v) is 7.60. The van der Waals surface area contributed by atoms with E-state index in [1.165, 1.54) is 6.26 Å². The van der Waals surface area contributed by atoms with Crippen molar-refractivity contribution in [2.75, 3.05) is 13.1 Å². The Labute approximate surface area is 135 Å². The van der Waals surface area contributed by atoms with E-state index < -0.39 is 0 Å². The van der Waals surface area contributed by atoms with Crippen LogP contribution in [0.1, 0.15) is 19.5 Å². The maximum atomic E-state index is 11.8. The molecule has 0 radical (unpaired) electrons. The summed E-state index contributed by atoms with van der Waals surface area (Å²) in [6.45, 7) is 4.45. The number of benzene rings is 1. The maximum absolute atomic E-state index is 11.8. The van der Waals surface area contributed by atoms with Gasteiger partial charge in [-0.15, -0.1) is 0 Å². The van der Waals surface area contributed by atoms with Gasteiger partial charge in [0.15, 0.2) is 0 Å². The molecule has 2 aromatic rings. The summed E-state index contributed by atoms with van der Waals surface area (Å²) in [7, 11) is 0. The number of hydrogen-bond donors (Lipinski definition) is 2. The van der Waals surface area contributed by atoms with E-state index in [4.69, 9.17) is 4.42 Å². The molecule has 23 heavy (non-hydrogen) atoms. The van der Waals surface area contributed by atoms with Crippen molar-refractivity contribution in [2.45, 2.75) is 20.3 Å². The van der Waals surface area contributed by atoms with Crippen molar-refractivity contribution in [2.24, 2.45) is 5.92 Å². The van der Waals surface area contributed by atoms with Gasteiger partial charge in [0.2, 0.25) is 17.7 Å². The molecular formula is C17H21N3O3. The van der Waals surface area contributed by atoms with Crippen LogP contribution in [-0.2, 0) is 16.0 Å². The minimum absolute atomic E-state index is 0.0248. The van der Waals surface area contributed by atoms with Crippen LogP contribution in [0.3, 0.4) is 0 Å². The van der Waals surface area contributed by atoms with E-state index in [1.807, 2.05) is 44.2 Å². The molecule has 0 atom stereocenters. The Balaban J connectivity index is 1.76. The first kappa shape index (κ1) is 16.7. The lowest BCUT2D eigenvalue weighted by Crippen LogP contribution is -2.36. The van der Waals surface area contributed by atoms with Crippen LogP contribution in [0.4, 0.5) is 0 Å². The van der Waals surface area contributed by atoms with Crippen LogP contribution in [-0.4, -0.2) is 29.9 Å². The standard InChI is InChI=1S/C17H21N3O3/c1-12(2)16(22)19-9-8-18-15(21)10-14-11-23-17(20-14)13-6-4-3-5-7-13/h3-7,11-12H,8-10H2,1-2H3,(H,18,21)(H,19,22). The molecule has 0 saturated carbocycles.